The molecular weight excluding hydrogens is 432 g/mol. The highest BCUT2D eigenvalue weighted by Gasteiger charge is 2.43. The van der Waals surface area contributed by atoms with Gasteiger partial charge in [-0.15, -0.1) is 0 Å². The van der Waals surface area contributed by atoms with Crippen LogP contribution in [0.3, 0.4) is 0 Å². The van der Waals surface area contributed by atoms with Crippen molar-refractivity contribution in [3.8, 4) is 11.5 Å². The third kappa shape index (κ3) is 4.10. The van der Waals surface area contributed by atoms with E-state index in [1.165, 1.54) is 0 Å². The Hall–Kier alpha value is -3.84. The van der Waals surface area contributed by atoms with Crippen LogP contribution in [-0.2, 0) is 16.1 Å². The molecule has 34 heavy (non-hydrogen) atoms. The van der Waals surface area contributed by atoms with E-state index in [2.05, 4.69) is 5.32 Å². The summed E-state index contributed by atoms with van der Waals surface area (Å²) in [5.41, 5.74) is 3.10. The van der Waals surface area contributed by atoms with E-state index in [1.807, 2.05) is 66.7 Å². The van der Waals surface area contributed by atoms with Crippen molar-refractivity contribution in [3.05, 3.63) is 95.1 Å². The zero-order chi connectivity index (χ0) is 23.5. The summed E-state index contributed by atoms with van der Waals surface area (Å²) in [5, 5.41) is 3.09. The number of carbonyl (C=O) groups excluding carboxylic acids is 2. The van der Waals surface area contributed by atoms with Crippen molar-refractivity contribution in [2.75, 3.05) is 27.1 Å². The van der Waals surface area contributed by atoms with E-state index in [0.29, 0.717) is 36.8 Å². The van der Waals surface area contributed by atoms with E-state index in [0.717, 1.165) is 16.7 Å². The molecule has 2 heterocycles. The lowest BCUT2D eigenvalue weighted by molar-refractivity contribution is -0.124. The molecule has 2 amide bonds. The molecule has 2 aliphatic heterocycles. The SMILES string of the molecule is COCCN1C(=O)c2ccccc2C(C(=O)NCc2ccc3c(c2)OCO3)C1c1ccccc1. The average molecular weight is 459 g/mol. The summed E-state index contributed by atoms with van der Waals surface area (Å²) in [6, 6.07) is 22.3. The molecule has 7 heteroatoms. The fraction of sp³-hybridized carbons (Fsp3) is 0.259. The molecule has 3 aromatic rings. The highest BCUT2D eigenvalue weighted by Crippen LogP contribution is 2.42. The largest absolute Gasteiger partial charge is 0.454 e. The molecule has 0 aliphatic carbocycles. The third-order valence-electron chi connectivity index (χ3n) is 6.30. The van der Waals surface area contributed by atoms with Gasteiger partial charge in [0, 0.05) is 25.8 Å². The van der Waals surface area contributed by atoms with Crippen LogP contribution in [0.2, 0.25) is 0 Å². The third-order valence-corrected chi connectivity index (χ3v) is 6.30. The Morgan fingerprint density at radius 2 is 1.79 bits per heavy atom. The Kier molecular flexibility index (Phi) is 6.18. The highest BCUT2D eigenvalue weighted by molar-refractivity contribution is 6.01. The van der Waals surface area contributed by atoms with Crippen LogP contribution in [-0.4, -0.2) is 43.8 Å². The van der Waals surface area contributed by atoms with Crippen LogP contribution in [0, 0.1) is 0 Å². The topological polar surface area (TPSA) is 77.1 Å². The summed E-state index contributed by atoms with van der Waals surface area (Å²) in [7, 11) is 1.61. The van der Waals surface area contributed by atoms with Crippen molar-refractivity contribution < 1.29 is 23.8 Å². The summed E-state index contributed by atoms with van der Waals surface area (Å²) in [5.74, 6) is 0.568. The maximum atomic E-state index is 13.7. The van der Waals surface area contributed by atoms with Crippen LogP contribution in [0.25, 0.3) is 0 Å². The lowest BCUT2D eigenvalue weighted by atomic mass is 9.79. The fourth-order valence-corrected chi connectivity index (χ4v) is 4.68. The molecular formula is C27H26N2O5. The zero-order valence-corrected chi connectivity index (χ0v) is 18.9. The normalized spacial score (nSPS) is 18.5. The Bertz CT molecular complexity index is 1200. The minimum Gasteiger partial charge on any atom is -0.454 e. The van der Waals surface area contributed by atoms with Gasteiger partial charge in [-0.3, -0.25) is 9.59 Å². The molecule has 0 fully saturated rings. The lowest BCUT2D eigenvalue weighted by Gasteiger charge is -2.41. The van der Waals surface area contributed by atoms with Crippen LogP contribution in [0.15, 0.2) is 72.8 Å². The van der Waals surface area contributed by atoms with Gasteiger partial charge in [-0.1, -0.05) is 54.6 Å². The maximum Gasteiger partial charge on any atom is 0.254 e. The number of ether oxygens (including phenoxy) is 3. The molecule has 0 aromatic heterocycles. The van der Waals surface area contributed by atoms with Gasteiger partial charge >= 0.3 is 0 Å². The standard InChI is InChI=1S/C27H26N2O5/c1-32-14-13-29-25(19-7-3-2-4-8-19)24(20-9-5-6-10-21(20)27(29)31)26(30)28-16-18-11-12-22-23(15-18)34-17-33-22/h2-12,15,24-25H,13-14,16-17H2,1H3,(H,28,30). The Labute approximate surface area is 198 Å². The molecule has 2 unspecified atom stereocenters. The monoisotopic (exact) mass is 458 g/mol. The van der Waals surface area contributed by atoms with E-state index >= 15 is 0 Å². The van der Waals surface area contributed by atoms with Crippen LogP contribution >= 0.6 is 0 Å². The van der Waals surface area contributed by atoms with Crippen molar-refractivity contribution in [2.45, 2.75) is 18.5 Å². The van der Waals surface area contributed by atoms with E-state index in [1.54, 1.807) is 18.1 Å². The number of hydrogen-bond acceptors (Lipinski definition) is 5. The molecule has 174 valence electrons. The minimum absolute atomic E-state index is 0.0960. The van der Waals surface area contributed by atoms with Gasteiger partial charge in [0.25, 0.3) is 5.91 Å². The number of hydrogen-bond donors (Lipinski definition) is 1. The first-order chi connectivity index (χ1) is 16.7. The summed E-state index contributed by atoms with van der Waals surface area (Å²) in [6.07, 6.45) is 0. The van der Waals surface area contributed by atoms with Crippen LogP contribution in [0.1, 0.15) is 39.0 Å². The fourth-order valence-electron chi connectivity index (χ4n) is 4.68. The second kappa shape index (κ2) is 9.57. The predicted molar refractivity (Wildman–Crippen MR) is 126 cm³/mol. The smallest absolute Gasteiger partial charge is 0.254 e. The molecule has 0 saturated carbocycles. The average Bonchev–Trinajstić information content (AvgIpc) is 3.35. The zero-order valence-electron chi connectivity index (χ0n) is 18.9. The molecule has 0 bridgehead atoms. The van der Waals surface area contributed by atoms with Gasteiger partial charge in [-0.05, 0) is 34.9 Å². The first kappa shape index (κ1) is 22.0. The molecule has 3 aromatic carbocycles. The predicted octanol–water partition coefficient (Wildman–Crippen LogP) is 3.66. The van der Waals surface area contributed by atoms with Gasteiger partial charge in [-0.2, -0.15) is 0 Å². The first-order valence-electron chi connectivity index (χ1n) is 11.3. The second-order valence-electron chi connectivity index (χ2n) is 8.32. The second-order valence-corrected chi connectivity index (χ2v) is 8.32. The summed E-state index contributed by atoms with van der Waals surface area (Å²) >= 11 is 0. The van der Waals surface area contributed by atoms with Gasteiger partial charge in [0.15, 0.2) is 11.5 Å². The molecule has 0 spiro atoms. The maximum absolute atomic E-state index is 13.7. The Balaban J connectivity index is 1.49. The Morgan fingerprint density at radius 3 is 2.62 bits per heavy atom. The minimum atomic E-state index is -0.567. The van der Waals surface area contributed by atoms with E-state index < -0.39 is 12.0 Å². The summed E-state index contributed by atoms with van der Waals surface area (Å²) in [6.45, 7) is 1.30. The number of nitrogens with zero attached hydrogens (tertiary/aromatic N) is 1. The highest BCUT2D eigenvalue weighted by atomic mass is 16.7. The summed E-state index contributed by atoms with van der Waals surface area (Å²) < 4.78 is 16.1. The molecule has 0 saturated heterocycles. The molecule has 2 aliphatic rings. The van der Waals surface area contributed by atoms with E-state index in [-0.39, 0.29) is 18.6 Å². The van der Waals surface area contributed by atoms with Gasteiger partial charge in [-0.25, -0.2) is 0 Å². The van der Waals surface area contributed by atoms with Crippen LogP contribution in [0.5, 0.6) is 11.5 Å². The van der Waals surface area contributed by atoms with E-state index in [4.69, 9.17) is 14.2 Å². The first-order valence-corrected chi connectivity index (χ1v) is 11.3. The van der Waals surface area contributed by atoms with Gasteiger partial charge in [0.2, 0.25) is 12.7 Å². The van der Waals surface area contributed by atoms with Crippen molar-refractivity contribution in [1.82, 2.24) is 10.2 Å². The van der Waals surface area contributed by atoms with Gasteiger partial charge in [0.05, 0.1) is 18.6 Å². The van der Waals surface area contributed by atoms with Gasteiger partial charge < -0.3 is 24.4 Å². The number of carbonyl (C=O) groups is 2. The van der Waals surface area contributed by atoms with Crippen molar-refractivity contribution >= 4 is 11.8 Å². The van der Waals surface area contributed by atoms with E-state index in [9.17, 15) is 9.59 Å². The summed E-state index contributed by atoms with van der Waals surface area (Å²) in [4.78, 5) is 29.0. The number of rotatable bonds is 7. The quantitative estimate of drug-likeness (QED) is 0.585. The van der Waals surface area contributed by atoms with Crippen molar-refractivity contribution in [2.24, 2.45) is 0 Å². The van der Waals surface area contributed by atoms with Gasteiger partial charge in [0.1, 0.15) is 0 Å². The molecule has 5 rings (SSSR count). The number of benzene rings is 3. The van der Waals surface area contributed by atoms with Crippen LogP contribution < -0.4 is 14.8 Å². The molecule has 2 atom stereocenters. The molecule has 7 nitrogen and oxygen atoms in total. The number of nitrogens with one attached hydrogen (secondary N) is 1. The number of methoxy groups -OCH3 is 1. The molecule has 1 N–H and O–H groups in total. The number of amides is 2. The van der Waals surface area contributed by atoms with Crippen molar-refractivity contribution in [3.63, 3.8) is 0 Å². The lowest BCUT2D eigenvalue weighted by Crippen LogP contribution is -2.48. The van der Waals surface area contributed by atoms with Crippen molar-refractivity contribution in [1.29, 1.82) is 0 Å². The van der Waals surface area contributed by atoms with Crippen LogP contribution in [0.4, 0.5) is 0 Å². The Morgan fingerprint density at radius 1 is 1.03 bits per heavy atom. The molecule has 0 radical (unpaired) electrons. The number of fused-ring (bicyclic) bond motifs is 2.